The molecule has 0 aliphatic heterocycles. The van der Waals surface area contributed by atoms with Crippen molar-refractivity contribution < 1.29 is 13.5 Å². The lowest BCUT2D eigenvalue weighted by atomic mass is 10.2. The van der Waals surface area contributed by atoms with Crippen LogP contribution in [-0.4, -0.2) is 17.6 Å². The molecule has 1 aliphatic rings. The molecular weight excluding hydrogens is 282 g/mol. The molecule has 0 unspecified atom stereocenters. The molecule has 0 saturated heterocycles. The summed E-state index contributed by atoms with van der Waals surface area (Å²) in [5.74, 6) is 0.163. The Balaban J connectivity index is 1.65. The molecule has 20 heavy (non-hydrogen) atoms. The second-order valence-corrected chi connectivity index (χ2v) is 5.80. The molecule has 3 nitrogen and oxygen atoms in total. The highest BCUT2D eigenvalue weighted by Gasteiger charge is 2.20. The number of thiazole rings is 1. The van der Waals surface area contributed by atoms with Crippen molar-refractivity contribution in [2.75, 3.05) is 0 Å². The quantitative estimate of drug-likeness (QED) is 0.883. The summed E-state index contributed by atoms with van der Waals surface area (Å²) in [5, 5.41) is 4.33. The smallest absolute Gasteiger partial charge is 0.387 e. The van der Waals surface area contributed by atoms with Crippen LogP contribution in [0.3, 0.4) is 0 Å². The number of halogens is 2. The van der Waals surface area contributed by atoms with Gasteiger partial charge in [-0.3, -0.25) is 0 Å². The standard InChI is InChI=1S/C14H14F2N2OS/c15-14(16)19-11-5-1-9(2-6-11)13-18-8-12(20-13)7-17-10-3-4-10/h1-2,5-6,8,10,14,17H,3-4,7H2. The molecule has 0 atom stereocenters. The lowest BCUT2D eigenvalue weighted by Crippen LogP contribution is -2.14. The van der Waals surface area contributed by atoms with Gasteiger partial charge in [0.05, 0.1) is 0 Å². The van der Waals surface area contributed by atoms with Crippen LogP contribution in [0.25, 0.3) is 10.6 Å². The minimum Gasteiger partial charge on any atom is -0.435 e. The largest absolute Gasteiger partial charge is 0.435 e. The van der Waals surface area contributed by atoms with Gasteiger partial charge in [0.25, 0.3) is 0 Å². The Hall–Kier alpha value is -1.53. The number of nitrogens with zero attached hydrogens (tertiary/aromatic N) is 1. The number of alkyl halides is 2. The predicted molar refractivity (Wildman–Crippen MR) is 74.0 cm³/mol. The molecule has 1 aromatic heterocycles. The Labute approximate surface area is 119 Å². The van der Waals surface area contributed by atoms with Gasteiger partial charge in [-0.25, -0.2) is 4.98 Å². The van der Waals surface area contributed by atoms with Crippen molar-refractivity contribution in [1.82, 2.24) is 10.3 Å². The molecule has 0 bridgehead atoms. The van der Waals surface area contributed by atoms with Gasteiger partial charge in [0.15, 0.2) is 0 Å². The van der Waals surface area contributed by atoms with Gasteiger partial charge in [-0.05, 0) is 37.1 Å². The third-order valence-electron chi connectivity index (χ3n) is 3.02. The van der Waals surface area contributed by atoms with E-state index in [1.54, 1.807) is 23.5 Å². The summed E-state index contributed by atoms with van der Waals surface area (Å²) in [4.78, 5) is 5.55. The fraction of sp³-hybridized carbons (Fsp3) is 0.357. The van der Waals surface area contributed by atoms with Crippen LogP contribution < -0.4 is 10.1 Å². The Morgan fingerprint density at radius 2 is 2.05 bits per heavy atom. The van der Waals surface area contributed by atoms with Crippen molar-refractivity contribution in [1.29, 1.82) is 0 Å². The third kappa shape index (κ3) is 3.52. The Kier molecular flexibility index (Phi) is 3.93. The Morgan fingerprint density at radius 1 is 1.30 bits per heavy atom. The molecule has 3 rings (SSSR count). The first-order valence-corrected chi connectivity index (χ1v) is 7.26. The average Bonchev–Trinajstić information content (AvgIpc) is 3.14. The third-order valence-corrected chi connectivity index (χ3v) is 4.07. The van der Waals surface area contributed by atoms with E-state index in [2.05, 4.69) is 15.0 Å². The monoisotopic (exact) mass is 296 g/mol. The number of aromatic nitrogens is 1. The van der Waals surface area contributed by atoms with Crippen LogP contribution >= 0.6 is 11.3 Å². The number of rotatable bonds is 6. The Bertz CT molecular complexity index is 567. The highest BCUT2D eigenvalue weighted by molar-refractivity contribution is 7.15. The molecule has 2 aromatic rings. The summed E-state index contributed by atoms with van der Waals surface area (Å²) in [5.41, 5.74) is 0.911. The maximum atomic E-state index is 12.1. The molecule has 1 aromatic carbocycles. The fourth-order valence-corrected chi connectivity index (χ4v) is 2.70. The second-order valence-electron chi connectivity index (χ2n) is 4.69. The molecule has 0 amide bonds. The fourth-order valence-electron chi connectivity index (χ4n) is 1.83. The van der Waals surface area contributed by atoms with Crippen molar-refractivity contribution in [3.63, 3.8) is 0 Å². The first kappa shape index (κ1) is 13.5. The van der Waals surface area contributed by atoms with Gasteiger partial charge in [-0.15, -0.1) is 11.3 Å². The topological polar surface area (TPSA) is 34.1 Å². The molecular formula is C14H14F2N2OS. The normalized spacial score (nSPS) is 14.8. The zero-order valence-corrected chi connectivity index (χ0v) is 11.5. The van der Waals surface area contributed by atoms with Gasteiger partial charge in [-0.1, -0.05) is 0 Å². The van der Waals surface area contributed by atoms with Gasteiger partial charge in [-0.2, -0.15) is 8.78 Å². The lowest BCUT2D eigenvalue weighted by Gasteiger charge is -2.04. The van der Waals surface area contributed by atoms with E-state index in [4.69, 9.17) is 0 Å². The van der Waals surface area contributed by atoms with Gasteiger partial charge in [0.1, 0.15) is 10.8 Å². The highest BCUT2D eigenvalue weighted by atomic mass is 32.1. The van der Waals surface area contributed by atoms with E-state index in [0.29, 0.717) is 6.04 Å². The van der Waals surface area contributed by atoms with E-state index >= 15 is 0 Å². The van der Waals surface area contributed by atoms with Crippen molar-refractivity contribution in [3.8, 4) is 16.3 Å². The van der Waals surface area contributed by atoms with E-state index in [1.807, 2.05) is 6.20 Å². The number of hydrogen-bond acceptors (Lipinski definition) is 4. The van der Waals surface area contributed by atoms with E-state index in [0.717, 1.165) is 17.1 Å². The molecule has 0 radical (unpaired) electrons. The van der Waals surface area contributed by atoms with Crippen molar-refractivity contribution in [3.05, 3.63) is 35.3 Å². The van der Waals surface area contributed by atoms with Crippen LogP contribution in [0.15, 0.2) is 30.5 Å². The SMILES string of the molecule is FC(F)Oc1ccc(-c2ncc(CNC3CC3)s2)cc1. The van der Waals surface area contributed by atoms with Crippen LogP contribution in [0, 0.1) is 0 Å². The highest BCUT2D eigenvalue weighted by Crippen LogP contribution is 2.28. The summed E-state index contributed by atoms with van der Waals surface area (Å²) in [6.45, 7) is -1.95. The van der Waals surface area contributed by atoms with Crippen molar-refractivity contribution >= 4 is 11.3 Å². The van der Waals surface area contributed by atoms with Crippen LogP contribution in [-0.2, 0) is 6.54 Å². The summed E-state index contributed by atoms with van der Waals surface area (Å²) >= 11 is 1.61. The molecule has 1 N–H and O–H groups in total. The zero-order chi connectivity index (χ0) is 13.9. The molecule has 1 fully saturated rings. The van der Waals surface area contributed by atoms with Crippen LogP contribution in [0.1, 0.15) is 17.7 Å². The summed E-state index contributed by atoms with van der Waals surface area (Å²) in [7, 11) is 0. The van der Waals surface area contributed by atoms with Gasteiger partial charge in [0, 0.05) is 29.2 Å². The number of nitrogens with one attached hydrogen (secondary N) is 1. The minimum atomic E-state index is -2.79. The first-order valence-electron chi connectivity index (χ1n) is 6.44. The van der Waals surface area contributed by atoms with Gasteiger partial charge in [0.2, 0.25) is 0 Å². The minimum absolute atomic E-state index is 0.163. The molecule has 1 saturated carbocycles. The summed E-state index contributed by atoms with van der Waals surface area (Å²) in [6.07, 6.45) is 4.38. The van der Waals surface area contributed by atoms with E-state index in [1.165, 1.54) is 29.9 Å². The van der Waals surface area contributed by atoms with E-state index < -0.39 is 6.61 Å². The number of ether oxygens (including phenoxy) is 1. The van der Waals surface area contributed by atoms with Gasteiger partial charge < -0.3 is 10.1 Å². The summed E-state index contributed by atoms with van der Waals surface area (Å²) in [6, 6.07) is 7.23. The maximum absolute atomic E-state index is 12.1. The lowest BCUT2D eigenvalue weighted by molar-refractivity contribution is -0.0498. The van der Waals surface area contributed by atoms with E-state index in [9.17, 15) is 8.78 Å². The number of benzene rings is 1. The molecule has 1 aliphatic carbocycles. The zero-order valence-electron chi connectivity index (χ0n) is 10.7. The molecule has 1 heterocycles. The molecule has 6 heteroatoms. The second kappa shape index (κ2) is 5.85. The van der Waals surface area contributed by atoms with Crippen LogP contribution in [0.5, 0.6) is 5.75 Å². The molecule has 106 valence electrons. The number of hydrogen-bond donors (Lipinski definition) is 1. The average molecular weight is 296 g/mol. The van der Waals surface area contributed by atoms with E-state index in [-0.39, 0.29) is 5.75 Å². The van der Waals surface area contributed by atoms with Crippen molar-refractivity contribution in [2.24, 2.45) is 0 Å². The summed E-state index contributed by atoms with van der Waals surface area (Å²) < 4.78 is 28.4. The first-order chi connectivity index (χ1) is 9.70. The van der Waals surface area contributed by atoms with Crippen molar-refractivity contribution in [2.45, 2.75) is 32.0 Å². The maximum Gasteiger partial charge on any atom is 0.387 e. The Morgan fingerprint density at radius 3 is 2.70 bits per heavy atom. The molecule has 0 spiro atoms. The predicted octanol–water partition coefficient (Wildman–Crippen LogP) is 3.66. The van der Waals surface area contributed by atoms with Crippen LogP contribution in [0.4, 0.5) is 8.78 Å². The van der Waals surface area contributed by atoms with Crippen LogP contribution in [0.2, 0.25) is 0 Å². The van der Waals surface area contributed by atoms with Gasteiger partial charge >= 0.3 is 6.61 Å².